The van der Waals surface area contributed by atoms with E-state index in [4.69, 9.17) is 17.3 Å². The fraction of sp³-hybridized carbons (Fsp3) is 0.357. The predicted molar refractivity (Wildman–Crippen MR) is 76.7 cm³/mol. The van der Waals surface area contributed by atoms with Gasteiger partial charge >= 0.3 is 0 Å². The topological polar surface area (TPSA) is 43.8 Å². The van der Waals surface area contributed by atoms with Crippen molar-refractivity contribution in [2.24, 2.45) is 7.05 Å². The van der Waals surface area contributed by atoms with Crippen molar-refractivity contribution in [3.05, 3.63) is 34.7 Å². The maximum absolute atomic E-state index is 14.2. The maximum Gasteiger partial charge on any atom is 0.149 e. The number of anilines is 1. The summed E-state index contributed by atoms with van der Waals surface area (Å²) in [5, 5.41) is 4.50. The summed E-state index contributed by atoms with van der Waals surface area (Å²) in [7, 11) is 1.76. The Bertz CT molecular complexity index is 607. The van der Waals surface area contributed by atoms with Crippen LogP contribution in [0.1, 0.15) is 31.9 Å². The van der Waals surface area contributed by atoms with Crippen molar-refractivity contribution >= 4 is 17.4 Å². The summed E-state index contributed by atoms with van der Waals surface area (Å²) in [5.41, 5.74) is 7.91. The molecule has 0 radical (unpaired) electrons. The number of aromatic nitrogens is 2. The maximum atomic E-state index is 14.2. The van der Waals surface area contributed by atoms with Gasteiger partial charge in [-0.1, -0.05) is 37.6 Å². The Kier molecular flexibility index (Phi) is 3.80. The second kappa shape index (κ2) is 5.21. The molecular weight excluding hydrogens is 265 g/mol. The molecule has 1 unspecified atom stereocenters. The van der Waals surface area contributed by atoms with Crippen LogP contribution in [0.5, 0.6) is 0 Å². The SMILES string of the molecule is CCC(C)c1nn(C)c(N)c1-c1cccc(Cl)c1F. The van der Waals surface area contributed by atoms with E-state index in [1.807, 2.05) is 6.92 Å². The van der Waals surface area contributed by atoms with Crippen molar-refractivity contribution in [2.45, 2.75) is 26.2 Å². The van der Waals surface area contributed by atoms with Gasteiger partial charge in [0.2, 0.25) is 0 Å². The van der Waals surface area contributed by atoms with Gasteiger partial charge in [0.15, 0.2) is 0 Å². The highest BCUT2D eigenvalue weighted by molar-refractivity contribution is 6.31. The lowest BCUT2D eigenvalue weighted by molar-refractivity contribution is 0.630. The van der Waals surface area contributed by atoms with Crippen molar-refractivity contribution < 1.29 is 4.39 Å². The van der Waals surface area contributed by atoms with Crippen molar-refractivity contribution in [1.29, 1.82) is 0 Å². The largest absolute Gasteiger partial charge is 0.383 e. The monoisotopic (exact) mass is 281 g/mol. The molecule has 1 atom stereocenters. The molecule has 0 aliphatic heterocycles. The molecule has 2 aromatic rings. The third kappa shape index (κ3) is 2.32. The van der Waals surface area contributed by atoms with Gasteiger partial charge in [0, 0.05) is 18.5 Å². The highest BCUT2D eigenvalue weighted by Gasteiger charge is 2.22. The van der Waals surface area contributed by atoms with E-state index >= 15 is 0 Å². The van der Waals surface area contributed by atoms with Gasteiger partial charge in [-0.15, -0.1) is 0 Å². The van der Waals surface area contributed by atoms with Gasteiger partial charge in [0.1, 0.15) is 11.6 Å². The molecule has 1 aromatic carbocycles. The van der Waals surface area contributed by atoms with E-state index in [1.165, 1.54) is 6.07 Å². The molecule has 0 amide bonds. The summed E-state index contributed by atoms with van der Waals surface area (Å²) in [4.78, 5) is 0. The minimum atomic E-state index is -0.451. The van der Waals surface area contributed by atoms with Crippen LogP contribution in [0, 0.1) is 5.82 Å². The summed E-state index contributed by atoms with van der Waals surface area (Å²) < 4.78 is 15.8. The Morgan fingerprint density at radius 3 is 2.79 bits per heavy atom. The Balaban J connectivity index is 2.70. The first kappa shape index (κ1) is 13.9. The number of aryl methyl sites for hydroxylation is 1. The first-order valence-corrected chi connectivity index (χ1v) is 6.61. The van der Waals surface area contributed by atoms with E-state index in [-0.39, 0.29) is 10.9 Å². The lowest BCUT2D eigenvalue weighted by atomic mass is 9.96. The Morgan fingerprint density at radius 1 is 1.47 bits per heavy atom. The summed E-state index contributed by atoms with van der Waals surface area (Å²) >= 11 is 5.85. The highest BCUT2D eigenvalue weighted by Crippen LogP contribution is 2.37. The summed E-state index contributed by atoms with van der Waals surface area (Å²) in [6, 6.07) is 4.92. The van der Waals surface area contributed by atoms with Crippen LogP contribution in [0.15, 0.2) is 18.2 Å². The van der Waals surface area contributed by atoms with Gasteiger partial charge < -0.3 is 5.73 Å². The lowest BCUT2D eigenvalue weighted by Crippen LogP contribution is -1.98. The van der Waals surface area contributed by atoms with Gasteiger partial charge in [-0.05, 0) is 12.5 Å². The molecule has 1 heterocycles. The predicted octanol–water partition coefficient (Wildman–Crippen LogP) is 3.98. The van der Waals surface area contributed by atoms with Crippen molar-refractivity contribution in [3.8, 4) is 11.1 Å². The second-order valence-corrected chi connectivity index (χ2v) is 5.09. The molecule has 0 saturated carbocycles. The van der Waals surface area contributed by atoms with Crippen molar-refractivity contribution in [3.63, 3.8) is 0 Å². The number of benzene rings is 1. The third-order valence-corrected chi connectivity index (χ3v) is 3.71. The number of nitrogens with zero attached hydrogens (tertiary/aromatic N) is 2. The second-order valence-electron chi connectivity index (χ2n) is 4.68. The van der Waals surface area contributed by atoms with E-state index in [1.54, 1.807) is 23.9 Å². The van der Waals surface area contributed by atoms with Crippen LogP contribution in [0.2, 0.25) is 5.02 Å². The number of nitrogen functional groups attached to an aromatic ring is 1. The van der Waals surface area contributed by atoms with Crippen LogP contribution in [0.3, 0.4) is 0 Å². The van der Waals surface area contributed by atoms with E-state index in [0.29, 0.717) is 16.9 Å². The Labute approximate surface area is 117 Å². The average Bonchev–Trinajstić information content (AvgIpc) is 2.69. The zero-order valence-corrected chi connectivity index (χ0v) is 12.0. The summed E-state index contributed by atoms with van der Waals surface area (Å²) in [5.74, 6) is 0.210. The highest BCUT2D eigenvalue weighted by atomic mass is 35.5. The molecule has 2 rings (SSSR count). The van der Waals surface area contributed by atoms with Crippen LogP contribution in [-0.2, 0) is 7.05 Å². The minimum absolute atomic E-state index is 0.0934. The zero-order chi connectivity index (χ0) is 14.2. The molecule has 19 heavy (non-hydrogen) atoms. The van der Waals surface area contributed by atoms with Crippen molar-refractivity contribution in [2.75, 3.05) is 5.73 Å². The zero-order valence-electron chi connectivity index (χ0n) is 11.2. The number of hydrogen-bond acceptors (Lipinski definition) is 2. The van der Waals surface area contributed by atoms with Crippen LogP contribution >= 0.6 is 11.6 Å². The number of hydrogen-bond donors (Lipinski definition) is 1. The number of rotatable bonds is 3. The molecule has 3 nitrogen and oxygen atoms in total. The Morgan fingerprint density at radius 2 is 2.16 bits per heavy atom. The molecular formula is C14H17ClFN3. The third-order valence-electron chi connectivity index (χ3n) is 3.42. The molecule has 0 saturated heterocycles. The quantitative estimate of drug-likeness (QED) is 0.925. The molecule has 0 spiro atoms. The van der Waals surface area contributed by atoms with Crippen LogP contribution in [-0.4, -0.2) is 9.78 Å². The molecule has 102 valence electrons. The molecule has 1 aromatic heterocycles. The summed E-state index contributed by atoms with van der Waals surface area (Å²) in [6.07, 6.45) is 0.908. The smallest absolute Gasteiger partial charge is 0.149 e. The van der Waals surface area contributed by atoms with Crippen LogP contribution < -0.4 is 5.73 Å². The molecule has 2 N–H and O–H groups in total. The molecule has 0 bridgehead atoms. The first-order valence-electron chi connectivity index (χ1n) is 6.24. The number of nitrogens with two attached hydrogens (primary N) is 1. The fourth-order valence-electron chi connectivity index (χ4n) is 2.07. The molecule has 5 heteroatoms. The molecule has 0 aliphatic carbocycles. The van der Waals surface area contributed by atoms with Gasteiger partial charge in [-0.2, -0.15) is 5.10 Å². The van der Waals surface area contributed by atoms with E-state index < -0.39 is 5.82 Å². The van der Waals surface area contributed by atoms with E-state index in [2.05, 4.69) is 12.0 Å². The average molecular weight is 282 g/mol. The van der Waals surface area contributed by atoms with Gasteiger partial charge in [-0.25, -0.2) is 4.39 Å². The van der Waals surface area contributed by atoms with Gasteiger partial charge in [0.25, 0.3) is 0 Å². The van der Waals surface area contributed by atoms with Crippen LogP contribution in [0.4, 0.5) is 10.2 Å². The molecule has 0 aliphatic rings. The fourth-order valence-corrected chi connectivity index (χ4v) is 2.24. The van der Waals surface area contributed by atoms with Gasteiger partial charge in [0.05, 0.1) is 16.3 Å². The molecule has 0 fully saturated rings. The number of halogens is 2. The van der Waals surface area contributed by atoms with Crippen LogP contribution in [0.25, 0.3) is 11.1 Å². The first-order chi connectivity index (χ1) is 8.97. The normalized spacial score (nSPS) is 12.7. The van der Waals surface area contributed by atoms with Gasteiger partial charge in [-0.3, -0.25) is 4.68 Å². The summed E-state index contributed by atoms with van der Waals surface area (Å²) in [6.45, 7) is 4.11. The van der Waals surface area contributed by atoms with Crippen molar-refractivity contribution in [1.82, 2.24) is 9.78 Å². The lowest BCUT2D eigenvalue weighted by Gasteiger charge is -2.10. The Hall–Kier alpha value is -1.55. The van der Waals surface area contributed by atoms with E-state index in [0.717, 1.165) is 12.1 Å². The van der Waals surface area contributed by atoms with E-state index in [9.17, 15) is 4.39 Å². The minimum Gasteiger partial charge on any atom is -0.383 e. The standard InChI is InChI=1S/C14H17ClFN3/c1-4-8(2)13-11(14(17)19(3)18-13)9-6-5-7-10(15)12(9)16/h5-8H,4,17H2,1-3H3.